The number of nitrogens with zero attached hydrogens (tertiary/aromatic N) is 1. The Morgan fingerprint density at radius 3 is 2.24 bits per heavy atom. The van der Waals surface area contributed by atoms with E-state index < -0.39 is 24.1 Å². The third-order valence-electron chi connectivity index (χ3n) is 3.26. The van der Waals surface area contributed by atoms with E-state index in [4.69, 9.17) is 4.74 Å². The number of hydrogen-bond donors (Lipinski definition) is 2. The van der Waals surface area contributed by atoms with Crippen molar-refractivity contribution < 1.29 is 41.3 Å². The monoisotopic (exact) mass is 368 g/mol. The SMILES string of the molecule is COc1ccc(C(=O)N2NC(C)=C[C@]2(O)C(F)(F)OC(F)(F)F)cc1. The number of carbonyl (C=O) groups is 1. The Kier molecular flexibility index (Phi) is 4.66. The number of ether oxygens (including phenoxy) is 2. The van der Waals surface area contributed by atoms with Crippen molar-refractivity contribution >= 4 is 5.91 Å². The summed E-state index contributed by atoms with van der Waals surface area (Å²) in [5.41, 5.74) is -1.95. The van der Waals surface area contributed by atoms with Crippen molar-refractivity contribution in [2.75, 3.05) is 7.11 Å². The van der Waals surface area contributed by atoms with Crippen LogP contribution in [-0.2, 0) is 4.74 Å². The zero-order valence-corrected chi connectivity index (χ0v) is 12.9. The Balaban J connectivity index is 2.37. The van der Waals surface area contributed by atoms with Gasteiger partial charge in [0.05, 0.1) is 7.11 Å². The van der Waals surface area contributed by atoms with Crippen LogP contribution in [0.15, 0.2) is 36.0 Å². The van der Waals surface area contributed by atoms with Gasteiger partial charge in [-0.25, -0.2) is 9.75 Å². The number of alkyl halides is 5. The Labute approximate surface area is 138 Å². The van der Waals surface area contributed by atoms with E-state index in [0.717, 1.165) is 0 Å². The first-order valence-electron chi connectivity index (χ1n) is 6.71. The lowest BCUT2D eigenvalue weighted by Crippen LogP contribution is -2.63. The fraction of sp³-hybridized carbons (Fsp3) is 0.357. The smallest absolute Gasteiger partial charge is 0.497 e. The van der Waals surface area contributed by atoms with E-state index in [9.17, 15) is 31.9 Å². The molecule has 0 aliphatic carbocycles. The molecule has 0 unspecified atom stereocenters. The predicted octanol–water partition coefficient (Wildman–Crippen LogP) is 2.38. The molecule has 0 bridgehead atoms. The highest BCUT2D eigenvalue weighted by molar-refractivity contribution is 5.95. The number of amides is 1. The molecule has 2 rings (SSSR count). The molecule has 2 N–H and O–H groups in total. The quantitative estimate of drug-likeness (QED) is 0.799. The van der Waals surface area contributed by atoms with Crippen LogP contribution in [0.1, 0.15) is 17.3 Å². The fourth-order valence-electron chi connectivity index (χ4n) is 2.16. The number of nitrogens with one attached hydrogen (secondary N) is 1. The van der Waals surface area contributed by atoms with Crippen molar-refractivity contribution in [2.24, 2.45) is 0 Å². The molecule has 1 aromatic rings. The zero-order valence-electron chi connectivity index (χ0n) is 12.9. The van der Waals surface area contributed by atoms with Crippen LogP contribution in [-0.4, -0.2) is 41.3 Å². The molecule has 1 aliphatic rings. The molecule has 6 nitrogen and oxygen atoms in total. The number of methoxy groups -OCH3 is 1. The van der Waals surface area contributed by atoms with Gasteiger partial charge in [0.1, 0.15) is 5.75 Å². The second-order valence-electron chi connectivity index (χ2n) is 5.10. The third-order valence-corrected chi connectivity index (χ3v) is 3.26. The van der Waals surface area contributed by atoms with E-state index in [1.807, 2.05) is 0 Å². The summed E-state index contributed by atoms with van der Waals surface area (Å²) in [5.74, 6) is -0.843. The van der Waals surface area contributed by atoms with E-state index in [1.165, 1.54) is 38.3 Å². The first kappa shape index (κ1) is 18.9. The zero-order chi connectivity index (χ0) is 19.0. The predicted molar refractivity (Wildman–Crippen MR) is 73.1 cm³/mol. The third kappa shape index (κ3) is 3.66. The van der Waals surface area contributed by atoms with Gasteiger partial charge in [-0.2, -0.15) is 8.78 Å². The van der Waals surface area contributed by atoms with Crippen LogP contribution in [0.4, 0.5) is 22.0 Å². The fourth-order valence-corrected chi connectivity index (χ4v) is 2.16. The largest absolute Gasteiger partial charge is 0.527 e. The van der Waals surface area contributed by atoms with Crippen molar-refractivity contribution in [3.8, 4) is 5.75 Å². The number of carbonyl (C=O) groups excluding carboxylic acids is 1. The van der Waals surface area contributed by atoms with Crippen LogP contribution in [0.2, 0.25) is 0 Å². The highest BCUT2D eigenvalue weighted by Crippen LogP contribution is 2.41. The molecule has 1 heterocycles. The molecule has 0 spiro atoms. The summed E-state index contributed by atoms with van der Waals surface area (Å²) in [5, 5.41) is 10.1. The molecule has 0 aromatic heterocycles. The average Bonchev–Trinajstić information content (AvgIpc) is 2.81. The lowest BCUT2D eigenvalue weighted by molar-refractivity contribution is -0.463. The molecule has 25 heavy (non-hydrogen) atoms. The number of hydrogen-bond acceptors (Lipinski definition) is 5. The molecule has 0 fully saturated rings. The summed E-state index contributed by atoms with van der Waals surface area (Å²) in [6, 6.07) is 5.07. The Morgan fingerprint density at radius 2 is 1.76 bits per heavy atom. The van der Waals surface area contributed by atoms with Crippen molar-refractivity contribution in [1.82, 2.24) is 10.4 Å². The molecule has 1 aliphatic heterocycles. The topological polar surface area (TPSA) is 71.0 Å². The van der Waals surface area contributed by atoms with E-state index in [-0.39, 0.29) is 16.3 Å². The summed E-state index contributed by atoms with van der Waals surface area (Å²) in [6.45, 7) is 1.18. The molecule has 138 valence electrons. The summed E-state index contributed by atoms with van der Waals surface area (Å²) >= 11 is 0. The average molecular weight is 368 g/mol. The Bertz CT molecular complexity index is 689. The molecular weight excluding hydrogens is 355 g/mol. The van der Waals surface area contributed by atoms with E-state index >= 15 is 0 Å². The number of hydrazine groups is 1. The maximum absolute atomic E-state index is 13.9. The van der Waals surface area contributed by atoms with Crippen LogP contribution in [0.25, 0.3) is 0 Å². The maximum atomic E-state index is 13.9. The molecule has 1 amide bonds. The van der Waals surface area contributed by atoms with Gasteiger partial charge in [-0.15, -0.1) is 13.2 Å². The van der Waals surface area contributed by atoms with Gasteiger partial charge < -0.3 is 9.84 Å². The van der Waals surface area contributed by atoms with Crippen molar-refractivity contribution in [3.63, 3.8) is 0 Å². The van der Waals surface area contributed by atoms with Crippen LogP contribution < -0.4 is 10.2 Å². The first-order valence-corrected chi connectivity index (χ1v) is 6.71. The van der Waals surface area contributed by atoms with Crippen molar-refractivity contribution in [1.29, 1.82) is 0 Å². The second kappa shape index (κ2) is 6.15. The molecule has 0 radical (unpaired) electrons. The lowest BCUT2D eigenvalue weighted by atomic mass is 10.1. The van der Waals surface area contributed by atoms with Gasteiger partial charge in [0.15, 0.2) is 0 Å². The molecule has 0 saturated heterocycles. The summed E-state index contributed by atoms with van der Waals surface area (Å²) in [6.07, 6.45) is -10.5. The minimum Gasteiger partial charge on any atom is -0.497 e. The van der Waals surface area contributed by atoms with Crippen LogP contribution >= 0.6 is 0 Å². The van der Waals surface area contributed by atoms with E-state index in [0.29, 0.717) is 11.8 Å². The minimum absolute atomic E-state index is 0.0319. The van der Waals surface area contributed by atoms with Crippen molar-refractivity contribution in [3.05, 3.63) is 41.6 Å². The van der Waals surface area contributed by atoms with Gasteiger partial charge in [-0.1, -0.05) is 0 Å². The van der Waals surface area contributed by atoms with Gasteiger partial charge in [0.25, 0.3) is 11.6 Å². The summed E-state index contributed by atoms with van der Waals surface area (Å²) in [4.78, 5) is 12.4. The number of halogens is 5. The van der Waals surface area contributed by atoms with Crippen LogP contribution in [0.3, 0.4) is 0 Å². The molecular formula is C14H13F5N2O4. The van der Waals surface area contributed by atoms with E-state index in [2.05, 4.69) is 10.2 Å². The number of rotatable bonds is 4. The number of allylic oxidation sites excluding steroid dienone is 1. The molecule has 1 aromatic carbocycles. The summed E-state index contributed by atoms with van der Waals surface area (Å²) in [7, 11) is 1.36. The highest BCUT2D eigenvalue weighted by atomic mass is 19.4. The maximum Gasteiger partial charge on any atom is 0.527 e. The van der Waals surface area contributed by atoms with E-state index in [1.54, 1.807) is 0 Å². The second-order valence-corrected chi connectivity index (χ2v) is 5.10. The Hall–Kier alpha value is -2.40. The van der Waals surface area contributed by atoms with Gasteiger partial charge in [-0.3, -0.25) is 10.2 Å². The molecule has 0 saturated carbocycles. The highest BCUT2D eigenvalue weighted by Gasteiger charge is 2.65. The molecule has 11 heteroatoms. The standard InChI is InChI=1S/C14H13F5N2O4/c1-8-7-12(23,13(15,16)25-14(17,18)19)21(20-8)11(22)9-3-5-10(24-2)6-4-9/h3-7,20,23H,1-2H3/t12-/m0/s1. The van der Waals surface area contributed by atoms with Gasteiger partial charge in [-0.05, 0) is 37.3 Å². The normalized spacial score (nSPS) is 21.0. The van der Waals surface area contributed by atoms with Gasteiger partial charge >= 0.3 is 12.5 Å². The first-order chi connectivity index (χ1) is 11.4. The van der Waals surface area contributed by atoms with Crippen molar-refractivity contribution in [2.45, 2.75) is 25.1 Å². The van der Waals surface area contributed by atoms with Gasteiger partial charge in [0.2, 0.25) is 0 Å². The minimum atomic E-state index is -5.74. The number of benzene rings is 1. The summed E-state index contributed by atoms with van der Waals surface area (Å²) < 4.78 is 72.2. The number of aliphatic hydroxyl groups is 1. The van der Waals surface area contributed by atoms with Crippen LogP contribution in [0.5, 0.6) is 5.75 Å². The lowest BCUT2D eigenvalue weighted by Gasteiger charge is -2.37. The van der Waals surface area contributed by atoms with Gasteiger partial charge in [0, 0.05) is 11.3 Å². The molecule has 1 atom stereocenters. The van der Waals surface area contributed by atoms with Crippen LogP contribution in [0, 0.1) is 0 Å². The Morgan fingerprint density at radius 1 is 1.20 bits per heavy atom.